The Hall–Kier alpha value is -4.39. The molecule has 188 valence electrons. The number of halogens is 1. The molecule has 0 fully saturated rings. The van der Waals surface area contributed by atoms with Gasteiger partial charge in [-0.2, -0.15) is 0 Å². The minimum absolute atomic E-state index is 0. The van der Waals surface area contributed by atoms with Crippen LogP contribution in [0.4, 0.5) is 17.1 Å². The first-order valence-electron chi connectivity index (χ1n) is 10.2. The minimum atomic E-state index is -0.421. The van der Waals surface area contributed by atoms with Crippen molar-refractivity contribution in [3.05, 3.63) is 53.9 Å². The molecule has 0 aliphatic heterocycles. The Morgan fingerprint density at radius 1 is 0.857 bits per heavy atom. The topological polar surface area (TPSA) is 187 Å². The number of nitrogens with one attached hydrogen (secondary N) is 3. The van der Waals surface area contributed by atoms with Gasteiger partial charge in [0.1, 0.15) is 22.9 Å². The Morgan fingerprint density at radius 2 is 1.31 bits per heavy atom. The van der Waals surface area contributed by atoms with Crippen molar-refractivity contribution in [3.63, 3.8) is 0 Å². The van der Waals surface area contributed by atoms with Crippen LogP contribution in [0.2, 0.25) is 0 Å². The first kappa shape index (κ1) is 26.9. The third kappa shape index (κ3) is 6.35. The molecule has 0 aromatic carbocycles. The summed E-state index contributed by atoms with van der Waals surface area (Å²) in [6, 6.07) is 4.63. The van der Waals surface area contributed by atoms with Crippen molar-refractivity contribution in [3.8, 4) is 0 Å². The number of rotatable bonds is 8. The number of amides is 3. The Labute approximate surface area is 207 Å². The molecule has 35 heavy (non-hydrogen) atoms. The highest BCUT2D eigenvalue weighted by Gasteiger charge is 2.18. The smallest absolute Gasteiger partial charge is 0.272 e. The maximum absolute atomic E-state index is 12.8. The van der Waals surface area contributed by atoms with Crippen molar-refractivity contribution < 1.29 is 19.6 Å². The van der Waals surface area contributed by atoms with Gasteiger partial charge < -0.3 is 46.3 Å². The van der Waals surface area contributed by atoms with Crippen LogP contribution in [0.25, 0.3) is 0 Å². The predicted octanol–water partition coefficient (Wildman–Crippen LogP) is 1.08. The average Bonchev–Trinajstić information content (AvgIpc) is 3.43. The summed E-state index contributed by atoms with van der Waals surface area (Å²) >= 11 is 0. The second-order valence-corrected chi connectivity index (χ2v) is 7.72. The van der Waals surface area contributed by atoms with Crippen LogP contribution in [0, 0.1) is 0 Å². The van der Waals surface area contributed by atoms with Gasteiger partial charge in [0.25, 0.3) is 17.7 Å². The number of hydrogen-bond donors (Lipinski definition) is 6. The van der Waals surface area contributed by atoms with Gasteiger partial charge in [0, 0.05) is 52.7 Å². The number of aryl methyl sites for hydroxylation is 3. The molecule has 0 saturated heterocycles. The molecule has 0 saturated carbocycles. The van der Waals surface area contributed by atoms with Crippen molar-refractivity contribution in [1.82, 2.24) is 19.0 Å². The number of nitrogen functional groups attached to an aromatic ring is 1. The second kappa shape index (κ2) is 11.2. The third-order valence-corrected chi connectivity index (χ3v) is 5.04. The number of amidine groups is 1. The van der Waals surface area contributed by atoms with Gasteiger partial charge in [-0.05, 0) is 18.2 Å². The number of anilines is 3. The molecule has 3 rings (SSSR count). The second-order valence-electron chi connectivity index (χ2n) is 7.72. The third-order valence-electron chi connectivity index (χ3n) is 5.04. The quantitative estimate of drug-likeness (QED) is 0.115. The van der Waals surface area contributed by atoms with Crippen LogP contribution >= 0.6 is 12.4 Å². The van der Waals surface area contributed by atoms with Crippen molar-refractivity contribution in [2.45, 2.75) is 6.42 Å². The van der Waals surface area contributed by atoms with Crippen LogP contribution in [0.15, 0.2) is 41.9 Å². The van der Waals surface area contributed by atoms with Gasteiger partial charge in [-0.3, -0.25) is 14.4 Å². The van der Waals surface area contributed by atoms with E-state index < -0.39 is 5.91 Å². The monoisotopic (exact) mass is 505 g/mol. The summed E-state index contributed by atoms with van der Waals surface area (Å²) in [5.74, 6) is -1.15. The van der Waals surface area contributed by atoms with E-state index in [2.05, 4.69) is 21.1 Å². The number of nitrogens with zero attached hydrogens (tertiary/aromatic N) is 4. The fourth-order valence-corrected chi connectivity index (χ4v) is 3.37. The van der Waals surface area contributed by atoms with Crippen molar-refractivity contribution in [1.29, 1.82) is 0 Å². The SMILES string of the molecule is Cl.Cn1cc(NC(=O)c2cc(NC(=O)c3cc(N)cn3C)cn2C)cc1C(=O)NCCC(N)=NO. The molecule has 3 aromatic heterocycles. The van der Waals surface area contributed by atoms with Crippen LogP contribution in [0.5, 0.6) is 0 Å². The molecular formula is C21H28ClN9O4. The van der Waals surface area contributed by atoms with Gasteiger partial charge in [-0.1, -0.05) is 5.16 Å². The molecule has 3 aromatic rings. The molecule has 8 N–H and O–H groups in total. The van der Waals surface area contributed by atoms with Gasteiger partial charge in [-0.25, -0.2) is 0 Å². The Bertz CT molecular complexity index is 1270. The Kier molecular flexibility index (Phi) is 8.56. The predicted molar refractivity (Wildman–Crippen MR) is 134 cm³/mol. The lowest BCUT2D eigenvalue weighted by molar-refractivity contribution is 0.0944. The molecular weight excluding hydrogens is 478 g/mol. The highest BCUT2D eigenvalue weighted by atomic mass is 35.5. The molecule has 3 heterocycles. The zero-order valence-corrected chi connectivity index (χ0v) is 20.2. The number of hydrogen-bond acceptors (Lipinski definition) is 6. The molecule has 0 bridgehead atoms. The standard InChI is InChI=1S/C21H27N9O4.ClH/c1-28-9-12(22)6-15(28)20(32)25-14-8-17(30(3)11-14)21(33)26-13-7-16(29(2)10-13)19(31)24-5-4-18(23)27-34;/h6-11,34H,4-5,22H2,1-3H3,(H2,23,27)(H,24,31)(H,25,32)(H,26,33);1H. The molecule has 14 heteroatoms. The van der Waals surface area contributed by atoms with E-state index in [1.54, 1.807) is 65.6 Å². The summed E-state index contributed by atoms with van der Waals surface area (Å²) in [6.07, 6.45) is 5.04. The van der Waals surface area contributed by atoms with Crippen LogP contribution < -0.4 is 27.4 Å². The van der Waals surface area contributed by atoms with E-state index in [1.807, 2.05) is 0 Å². The van der Waals surface area contributed by atoms with Gasteiger partial charge in [0.2, 0.25) is 0 Å². The number of carbonyl (C=O) groups excluding carboxylic acids is 3. The Balaban J connectivity index is 0.00000432. The fourth-order valence-electron chi connectivity index (χ4n) is 3.37. The minimum Gasteiger partial charge on any atom is -0.409 e. The fraction of sp³-hybridized carbons (Fsp3) is 0.238. The van der Waals surface area contributed by atoms with Crippen LogP contribution in [-0.2, 0) is 21.1 Å². The van der Waals surface area contributed by atoms with Crippen molar-refractivity contribution in [2.75, 3.05) is 22.9 Å². The van der Waals surface area contributed by atoms with Crippen LogP contribution in [0.1, 0.15) is 37.9 Å². The maximum atomic E-state index is 12.8. The van der Waals surface area contributed by atoms with E-state index in [0.717, 1.165) is 0 Å². The maximum Gasteiger partial charge on any atom is 0.272 e. The van der Waals surface area contributed by atoms with Crippen LogP contribution in [-0.4, -0.2) is 49.0 Å². The highest BCUT2D eigenvalue weighted by Crippen LogP contribution is 2.19. The molecule has 0 aliphatic carbocycles. The molecule has 13 nitrogen and oxygen atoms in total. The summed E-state index contributed by atoms with van der Waals surface area (Å²) in [5, 5.41) is 19.5. The first-order valence-corrected chi connectivity index (χ1v) is 10.2. The molecule has 0 aliphatic rings. The first-order chi connectivity index (χ1) is 16.1. The zero-order valence-electron chi connectivity index (χ0n) is 19.4. The van der Waals surface area contributed by atoms with E-state index in [1.165, 1.54) is 6.07 Å². The normalized spacial score (nSPS) is 11.0. The van der Waals surface area contributed by atoms with Gasteiger partial charge in [-0.15, -0.1) is 12.4 Å². The molecule has 0 unspecified atom stereocenters. The van der Waals surface area contributed by atoms with Crippen LogP contribution in [0.3, 0.4) is 0 Å². The summed E-state index contributed by atoms with van der Waals surface area (Å²) in [6.45, 7) is 0.189. The van der Waals surface area contributed by atoms with E-state index in [0.29, 0.717) is 34.1 Å². The summed E-state index contributed by atoms with van der Waals surface area (Å²) in [4.78, 5) is 37.7. The number of carbonyl (C=O) groups is 3. The van der Waals surface area contributed by atoms with E-state index in [-0.39, 0.29) is 43.0 Å². The van der Waals surface area contributed by atoms with Gasteiger partial charge in [0.05, 0.1) is 17.1 Å². The Morgan fingerprint density at radius 3 is 1.77 bits per heavy atom. The van der Waals surface area contributed by atoms with Gasteiger partial charge >= 0.3 is 0 Å². The lowest BCUT2D eigenvalue weighted by atomic mass is 10.3. The van der Waals surface area contributed by atoms with Crippen molar-refractivity contribution in [2.24, 2.45) is 32.0 Å². The van der Waals surface area contributed by atoms with E-state index >= 15 is 0 Å². The van der Waals surface area contributed by atoms with Gasteiger partial charge in [0.15, 0.2) is 0 Å². The largest absolute Gasteiger partial charge is 0.409 e. The van der Waals surface area contributed by atoms with E-state index in [9.17, 15) is 14.4 Å². The van der Waals surface area contributed by atoms with E-state index in [4.69, 9.17) is 16.7 Å². The summed E-state index contributed by atoms with van der Waals surface area (Å²) in [5.41, 5.74) is 13.4. The molecule has 0 radical (unpaired) electrons. The number of oxime groups is 1. The molecule has 0 atom stereocenters. The highest BCUT2D eigenvalue weighted by molar-refractivity contribution is 6.07. The number of nitrogens with two attached hydrogens (primary N) is 2. The summed E-state index contributed by atoms with van der Waals surface area (Å²) in [7, 11) is 5.05. The molecule has 0 spiro atoms. The number of aromatic nitrogens is 3. The lowest BCUT2D eigenvalue weighted by Crippen LogP contribution is -2.29. The molecule has 3 amide bonds. The van der Waals surface area contributed by atoms with Crippen molar-refractivity contribution >= 4 is 53.0 Å². The zero-order chi connectivity index (χ0) is 25.0. The average molecular weight is 506 g/mol. The lowest BCUT2D eigenvalue weighted by Gasteiger charge is -2.04. The summed E-state index contributed by atoms with van der Waals surface area (Å²) < 4.78 is 4.75.